The van der Waals surface area contributed by atoms with Crippen LogP contribution in [-0.2, 0) is 4.79 Å². The van der Waals surface area contributed by atoms with Crippen LogP contribution in [0, 0.1) is 5.92 Å². The van der Waals surface area contributed by atoms with Gasteiger partial charge >= 0.3 is 0 Å². The van der Waals surface area contributed by atoms with Crippen molar-refractivity contribution >= 4 is 28.6 Å². The highest BCUT2D eigenvalue weighted by Crippen LogP contribution is 2.25. The Kier molecular flexibility index (Phi) is 4.83. The number of fused-ring (bicyclic) bond motifs is 1. The van der Waals surface area contributed by atoms with Crippen LogP contribution in [0.15, 0.2) is 12.1 Å². The van der Waals surface area contributed by atoms with Crippen molar-refractivity contribution in [3.63, 3.8) is 0 Å². The van der Waals surface area contributed by atoms with Crippen molar-refractivity contribution in [2.45, 2.75) is 38.5 Å². The van der Waals surface area contributed by atoms with E-state index in [1.54, 1.807) is 0 Å². The third kappa shape index (κ3) is 3.61. The highest BCUT2D eigenvalue weighted by molar-refractivity contribution is 5.99. The molecular formula is C18H26N6O. The van der Waals surface area contributed by atoms with Gasteiger partial charge in [0.25, 0.3) is 0 Å². The second-order valence-electron chi connectivity index (χ2n) is 7.05. The molecule has 4 rings (SSSR count). The Hall–Kier alpha value is -2.15. The fraction of sp³-hybridized carbons (Fsp3) is 0.611. The Morgan fingerprint density at radius 3 is 2.64 bits per heavy atom. The number of H-pyrrole nitrogens is 1. The molecule has 2 saturated heterocycles. The minimum atomic E-state index is 0.0616. The summed E-state index contributed by atoms with van der Waals surface area (Å²) in [5.74, 6) is 1.71. The average molecular weight is 342 g/mol. The van der Waals surface area contributed by atoms with Crippen LogP contribution in [-0.4, -0.2) is 47.3 Å². The lowest BCUT2D eigenvalue weighted by molar-refractivity contribution is -0.120. The predicted molar refractivity (Wildman–Crippen MR) is 98.8 cm³/mol. The summed E-state index contributed by atoms with van der Waals surface area (Å²) in [4.78, 5) is 19.5. The lowest BCUT2D eigenvalue weighted by Gasteiger charge is -2.21. The summed E-state index contributed by atoms with van der Waals surface area (Å²) in [6.07, 6.45) is 6.81. The molecule has 3 N–H and O–H groups in total. The molecule has 0 aromatic carbocycles. The number of piperidine rings is 1. The van der Waals surface area contributed by atoms with Crippen LogP contribution in [0.4, 0.5) is 11.6 Å². The van der Waals surface area contributed by atoms with Gasteiger partial charge in [0.15, 0.2) is 11.5 Å². The van der Waals surface area contributed by atoms with E-state index in [1.165, 1.54) is 25.7 Å². The summed E-state index contributed by atoms with van der Waals surface area (Å²) in [5, 5.41) is 14.4. The Bertz CT molecular complexity index is 728. The number of aromatic amines is 1. The molecule has 2 aromatic heterocycles. The summed E-state index contributed by atoms with van der Waals surface area (Å²) < 4.78 is 0. The zero-order chi connectivity index (χ0) is 17.1. The van der Waals surface area contributed by atoms with Crippen LogP contribution in [0.25, 0.3) is 11.0 Å². The number of carbonyl (C=O) groups is 1. The summed E-state index contributed by atoms with van der Waals surface area (Å²) in [5.41, 5.74) is 0.738. The fourth-order valence-electron chi connectivity index (χ4n) is 3.77. The van der Waals surface area contributed by atoms with Gasteiger partial charge in [-0.05, 0) is 50.9 Å². The first-order valence-electron chi connectivity index (χ1n) is 9.43. The molecule has 0 aliphatic carbocycles. The van der Waals surface area contributed by atoms with Crippen molar-refractivity contribution in [2.24, 2.45) is 5.92 Å². The lowest BCUT2D eigenvalue weighted by atomic mass is 9.97. The van der Waals surface area contributed by atoms with Gasteiger partial charge in [-0.2, -0.15) is 5.10 Å². The van der Waals surface area contributed by atoms with Crippen LogP contribution >= 0.6 is 0 Å². The topological polar surface area (TPSA) is 85.9 Å². The average Bonchev–Trinajstić information content (AvgIpc) is 2.87. The molecule has 134 valence electrons. The number of nitrogens with one attached hydrogen (secondary N) is 3. The number of amides is 1. The Morgan fingerprint density at radius 1 is 1.12 bits per heavy atom. The van der Waals surface area contributed by atoms with Gasteiger partial charge in [-0.3, -0.25) is 9.89 Å². The van der Waals surface area contributed by atoms with E-state index in [4.69, 9.17) is 4.98 Å². The van der Waals surface area contributed by atoms with Crippen molar-refractivity contribution in [1.82, 2.24) is 20.5 Å². The Balaban J connectivity index is 1.50. The van der Waals surface area contributed by atoms with Crippen molar-refractivity contribution < 1.29 is 4.79 Å². The van der Waals surface area contributed by atoms with Crippen molar-refractivity contribution in [3.05, 3.63) is 12.1 Å². The highest BCUT2D eigenvalue weighted by Gasteiger charge is 2.22. The number of carbonyl (C=O) groups excluding carboxylic acids is 1. The number of nitrogens with zero attached hydrogens (tertiary/aromatic N) is 3. The number of anilines is 2. The number of pyridine rings is 1. The summed E-state index contributed by atoms with van der Waals surface area (Å²) in [7, 11) is 0. The molecule has 2 aliphatic rings. The largest absolute Gasteiger partial charge is 0.357 e. The third-order valence-corrected chi connectivity index (χ3v) is 5.29. The molecule has 0 unspecified atom stereocenters. The second-order valence-corrected chi connectivity index (χ2v) is 7.05. The fourth-order valence-corrected chi connectivity index (χ4v) is 3.77. The maximum Gasteiger partial charge on any atom is 0.228 e. The summed E-state index contributed by atoms with van der Waals surface area (Å²) >= 11 is 0. The lowest BCUT2D eigenvalue weighted by Crippen LogP contribution is -2.34. The number of aromatic nitrogens is 3. The van der Waals surface area contributed by atoms with Gasteiger partial charge in [0.2, 0.25) is 5.91 Å². The van der Waals surface area contributed by atoms with Gasteiger partial charge in [0.1, 0.15) is 5.82 Å². The zero-order valence-corrected chi connectivity index (χ0v) is 14.6. The van der Waals surface area contributed by atoms with E-state index in [0.717, 1.165) is 55.9 Å². The van der Waals surface area contributed by atoms with Crippen LogP contribution < -0.4 is 15.5 Å². The zero-order valence-electron chi connectivity index (χ0n) is 14.6. The minimum absolute atomic E-state index is 0.0616. The molecule has 0 spiro atoms. The Morgan fingerprint density at radius 2 is 1.88 bits per heavy atom. The van der Waals surface area contributed by atoms with Gasteiger partial charge in [-0.1, -0.05) is 12.8 Å². The van der Waals surface area contributed by atoms with Crippen LogP contribution in [0.3, 0.4) is 0 Å². The molecule has 2 aliphatic heterocycles. The number of hydrogen-bond acceptors (Lipinski definition) is 5. The van der Waals surface area contributed by atoms with Gasteiger partial charge in [-0.25, -0.2) is 4.98 Å². The molecule has 25 heavy (non-hydrogen) atoms. The van der Waals surface area contributed by atoms with E-state index in [9.17, 15) is 4.79 Å². The number of hydrogen-bond donors (Lipinski definition) is 3. The van der Waals surface area contributed by atoms with E-state index in [0.29, 0.717) is 5.82 Å². The quantitative estimate of drug-likeness (QED) is 0.797. The van der Waals surface area contributed by atoms with E-state index in [2.05, 4.69) is 25.7 Å². The molecule has 2 fully saturated rings. The van der Waals surface area contributed by atoms with E-state index >= 15 is 0 Å². The van der Waals surface area contributed by atoms with E-state index in [-0.39, 0.29) is 11.8 Å². The van der Waals surface area contributed by atoms with Gasteiger partial charge in [-0.15, -0.1) is 0 Å². The first-order chi connectivity index (χ1) is 12.3. The first kappa shape index (κ1) is 16.3. The molecule has 0 atom stereocenters. The molecule has 0 bridgehead atoms. The SMILES string of the molecule is O=C(Nc1n[nH]c2nc(N3CCCCCC3)ccc12)C1CCNCC1. The van der Waals surface area contributed by atoms with Crippen LogP contribution in [0.1, 0.15) is 38.5 Å². The smallest absolute Gasteiger partial charge is 0.228 e. The molecule has 7 nitrogen and oxygen atoms in total. The van der Waals surface area contributed by atoms with Gasteiger partial charge in [0, 0.05) is 19.0 Å². The normalized spacial score (nSPS) is 19.8. The minimum Gasteiger partial charge on any atom is -0.357 e. The maximum atomic E-state index is 12.4. The van der Waals surface area contributed by atoms with Gasteiger partial charge in [0.05, 0.1) is 5.39 Å². The number of rotatable bonds is 3. The molecule has 7 heteroatoms. The molecular weight excluding hydrogens is 316 g/mol. The summed E-state index contributed by atoms with van der Waals surface area (Å²) in [6, 6.07) is 4.06. The first-order valence-corrected chi connectivity index (χ1v) is 9.43. The molecule has 4 heterocycles. The van der Waals surface area contributed by atoms with Gasteiger partial charge < -0.3 is 15.5 Å². The summed E-state index contributed by atoms with van der Waals surface area (Å²) in [6.45, 7) is 3.93. The molecule has 2 aromatic rings. The molecule has 0 saturated carbocycles. The Labute approximate surface area is 147 Å². The van der Waals surface area contributed by atoms with Crippen LogP contribution in [0.2, 0.25) is 0 Å². The highest BCUT2D eigenvalue weighted by atomic mass is 16.2. The second kappa shape index (κ2) is 7.39. The maximum absolute atomic E-state index is 12.4. The van der Waals surface area contributed by atoms with E-state index < -0.39 is 0 Å². The monoisotopic (exact) mass is 342 g/mol. The predicted octanol–water partition coefficient (Wildman–Crippen LogP) is 2.28. The molecule has 1 amide bonds. The van der Waals surface area contributed by atoms with Crippen molar-refractivity contribution in [3.8, 4) is 0 Å². The third-order valence-electron chi connectivity index (χ3n) is 5.29. The van der Waals surface area contributed by atoms with Crippen molar-refractivity contribution in [1.29, 1.82) is 0 Å². The van der Waals surface area contributed by atoms with E-state index in [1.807, 2.05) is 12.1 Å². The van der Waals surface area contributed by atoms with Crippen molar-refractivity contribution in [2.75, 3.05) is 36.4 Å². The van der Waals surface area contributed by atoms with Crippen LogP contribution in [0.5, 0.6) is 0 Å². The molecule has 0 radical (unpaired) electrons. The standard InChI is InChI=1S/C18H26N6O/c25-18(13-7-9-19-10-8-13)21-17-14-5-6-15(20-16(14)22-23-17)24-11-3-1-2-4-12-24/h5-6,13,19H,1-4,7-12H2,(H2,20,21,22,23,25).